The highest BCUT2D eigenvalue weighted by atomic mass is 79.9. The van der Waals surface area contributed by atoms with Gasteiger partial charge in [0.15, 0.2) is 5.82 Å². The standard InChI is InChI=1S/C18H8BrF2N5O4S2/c19-17-15(20)1-2-16(18(17)21)26(31(27,28)13-3-11(5-22)7-24-9-13)32(29,30)14-4-12(6-23)8-25-10-14/h1-4,7-10H. The lowest BCUT2D eigenvalue weighted by atomic mass is 10.3. The molecule has 162 valence electrons. The van der Waals surface area contributed by atoms with Crippen molar-refractivity contribution in [3.05, 3.63) is 76.3 Å². The maximum Gasteiger partial charge on any atom is 0.279 e. The van der Waals surface area contributed by atoms with E-state index in [9.17, 15) is 25.6 Å². The summed E-state index contributed by atoms with van der Waals surface area (Å²) in [6, 6.07) is 6.28. The normalized spacial score (nSPS) is 11.4. The Hall–Kier alpha value is -3.46. The molecule has 0 N–H and O–H groups in total. The van der Waals surface area contributed by atoms with Crippen molar-refractivity contribution in [2.75, 3.05) is 3.71 Å². The third-order valence-corrected chi connectivity index (χ3v) is 8.74. The number of aromatic nitrogens is 2. The summed E-state index contributed by atoms with van der Waals surface area (Å²) in [6.07, 6.45) is 3.60. The molecule has 0 bridgehead atoms. The van der Waals surface area contributed by atoms with Crippen LogP contribution in [0.1, 0.15) is 11.1 Å². The Labute approximate surface area is 189 Å². The molecule has 32 heavy (non-hydrogen) atoms. The molecule has 0 saturated heterocycles. The molecule has 0 aliphatic carbocycles. The van der Waals surface area contributed by atoms with Crippen LogP contribution in [0.15, 0.2) is 63.3 Å². The summed E-state index contributed by atoms with van der Waals surface area (Å²) in [5.74, 6) is -2.63. The number of halogens is 3. The predicted molar refractivity (Wildman–Crippen MR) is 109 cm³/mol. The van der Waals surface area contributed by atoms with Crippen molar-refractivity contribution >= 4 is 41.7 Å². The molecule has 0 amide bonds. The quantitative estimate of drug-likeness (QED) is 0.450. The lowest BCUT2D eigenvalue weighted by Crippen LogP contribution is -2.38. The van der Waals surface area contributed by atoms with E-state index < -0.39 is 51.6 Å². The van der Waals surface area contributed by atoms with Crippen LogP contribution in [0.25, 0.3) is 0 Å². The zero-order valence-electron chi connectivity index (χ0n) is 15.4. The molecule has 0 atom stereocenters. The van der Waals surface area contributed by atoms with Gasteiger partial charge in [0, 0.05) is 24.8 Å². The first-order valence-electron chi connectivity index (χ1n) is 8.18. The molecular formula is C18H8BrF2N5O4S2. The van der Waals surface area contributed by atoms with Crippen LogP contribution in [0.3, 0.4) is 0 Å². The zero-order valence-corrected chi connectivity index (χ0v) is 18.7. The molecule has 0 aliphatic heterocycles. The van der Waals surface area contributed by atoms with E-state index in [1.165, 1.54) is 0 Å². The second-order valence-electron chi connectivity index (χ2n) is 5.94. The van der Waals surface area contributed by atoms with E-state index in [1.54, 1.807) is 12.1 Å². The third-order valence-electron chi connectivity index (χ3n) is 3.93. The van der Waals surface area contributed by atoms with Gasteiger partial charge < -0.3 is 0 Å². The van der Waals surface area contributed by atoms with Crippen LogP contribution in [0.5, 0.6) is 0 Å². The van der Waals surface area contributed by atoms with Gasteiger partial charge in [-0.25, -0.2) is 8.78 Å². The first-order chi connectivity index (χ1) is 15.0. The second kappa shape index (κ2) is 8.58. The minimum absolute atomic E-state index is 0.211. The van der Waals surface area contributed by atoms with Gasteiger partial charge in [0.1, 0.15) is 33.4 Å². The maximum absolute atomic E-state index is 14.9. The predicted octanol–water partition coefficient (Wildman–Crippen LogP) is 2.84. The number of anilines is 1. The van der Waals surface area contributed by atoms with E-state index in [2.05, 4.69) is 25.9 Å². The first-order valence-corrected chi connectivity index (χ1v) is 11.9. The first kappa shape index (κ1) is 23.2. The number of hydrogen-bond donors (Lipinski definition) is 0. The fourth-order valence-corrected chi connectivity index (χ4v) is 6.49. The van der Waals surface area contributed by atoms with Gasteiger partial charge >= 0.3 is 0 Å². The van der Waals surface area contributed by atoms with Crippen LogP contribution in [0.2, 0.25) is 0 Å². The van der Waals surface area contributed by atoms with Crippen molar-refractivity contribution in [3.63, 3.8) is 0 Å². The lowest BCUT2D eigenvalue weighted by Gasteiger charge is -2.24. The number of sulfonamides is 2. The lowest BCUT2D eigenvalue weighted by molar-refractivity contribution is 0.564. The number of nitriles is 2. The summed E-state index contributed by atoms with van der Waals surface area (Å²) in [5, 5.41) is 18.1. The number of nitrogens with zero attached hydrogens (tertiary/aromatic N) is 5. The van der Waals surface area contributed by atoms with E-state index in [0.717, 1.165) is 36.9 Å². The van der Waals surface area contributed by atoms with Crippen LogP contribution in [0.4, 0.5) is 14.5 Å². The molecular weight excluding hydrogens is 532 g/mol. The molecule has 1 aromatic carbocycles. The van der Waals surface area contributed by atoms with E-state index >= 15 is 0 Å². The van der Waals surface area contributed by atoms with Gasteiger partial charge in [0.25, 0.3) is 20.0 Å². The summed E-state index contributed by atoms with van der Waals surface area (Å²) in [4.78, 5) is 5.69. The summed E-state index contributed by atoms with van der Waals surface area (Å²) in [7, 11) is -10.3. The minimum atomic E-state index is -5.13. The van der Waals surface area contributed by atoms with Gasteiger partial charge in [-0.2, -0.15) is 31.1 Å². The van der Waals surface area contributed by atoms with Crippen molar-refractivity contribution < 1.29 is 25.6 Å². The number of benzene rings is 1. The Bertz CT molecular complexity index is 1450. The van der Waals surface area contributed by atoms with Crippen LogP contribution >= 0.6 is 15.9 Å². The molecule has 0 unspecified atom stereocenters. The molecule has 2 heterocycles. The van der Waals surface area contributed by atoms with Gasteiger partial charge in [-0.3, -0.25) is 9.97 Å². The molecule has 3 rings (SSSR count). The van der Waals surface area contributed by atoms with Crippen molar-refractivity contribution in [2.24, 2.45) is 0 Å². The summed E-state index contributed by atoms with van der Waals surface area (Å²) in [6.45, 7) is 0. The SMILES string of the molecule is N#Cc1cncc(S(=O)(=O)N(c2ccc(F)c(Br)c2F)S(=O)(=O)c2cncc(C#N)c2)c1. The molecule has 3 aromatic rings. The van der Waals surface area contributed by atoms with Crippen molar-refractivity contribution in [1.82, 2.24) is 9.97 Å². The van der Waals surface area contributed by atoms with E-state index in [-0.39, 0.29) is 14.8 Å². The maximum atomic E-state index is 14.9. The highest BCUT2D eigenvalue weighted by Crippen LogP contribution is 2.36. The van der Waals surface area contributed by atoms with Crippen molar-refractivity contribution in [3.8, 4) is 12.1 Å². The number of pyridine rings is 2. The topological polar surface area (TPSA) is 145 Å². The minimum Gasteiger partial charge on any atom is -0.262 e. The third kappa shape index (κ3) is 4.03. The van der Waals surface area contributed by atoms with Crippen LogP contribution in [0, 0.1) is 34.3 Å². The molecule has 0 fully saturated rings. The van der Waals surface area contributed by atoms with Crippen LogP contribution in [-0.2, 0) is 20.0 Å². The average Bonchev–Trinajstić information content (AvgIpc) is 2.79. The van der Waals surface area contributed by atoms with E-state index in [4.69, 9.17) is 10.5 Å². The van der Waals surface area contributed by atoms with E-state index in [1.807, 2.05) is 0 Å². The van der Waals surface area contributed by atoms with Crippen LogP contribution < -0.4 is 3.71 Å². The van der Waals surface area contributed by atoms with Crippen molar-refractivity contribution in [1.29, 1.82) is 10.5 Å². The fraction of sp³-hybridized carbons (Fsp3) is 0. The molecule has 0 aliphatic rings. The van der Waals surface area contributed by atoms with Crippen molar-refractivity contribution in [2.45, 2.75) is 9.79 Å². The molecule has 0 saturated carbocycles. The Kier molecular flexibility index (Phi) is 6.23. The highest BCUT2D eigenvalue weighted by Gasteiger charge is 2.40. The summed E-state index contributed by atoms with van der Waals surface area (Å²) >= 11 is 2.61. The monoisotopic (exact) mass is 539 g/mol. The Balaban J connectivity index is 2.38. The van der Waals surface area contributed by atoms with Gasteiger partial charge in [0.05, 0.1) is 15.6 Å². The largest absolute Gasteiger partial charge is 0.279 e. The van der Waals surface area contributed by atoms with Crippen LogP contribution in [-0.4, -0.2) is 26.8 Å². The second-order valence-corrected chi connectivity index (χ2v) is 10.5. The zero-order chi connectivity index (χ0) is 23.7. The Morgan fingerprint density at radius 2 is 1.31 bits per heavy atom. The fourth-order valence-electron chi connectivity index (χ4n) is 2.48. The van der Waals surface area contributed by atoms with E-state index in [0.29, 0.717) is 12.1 Å². The smallest absolute Gasteiger partial charge is 0.262 e. The van der Waals surface area contributed by atoms with Gasteiger partial charge in [-0.05, 0) is 40.2 Å². The molecule has 9 nitrogen and oxygen atoms in total. The average molecular weight is 540 g/mol. The van der Waals surface area contributed by atoms with Gasteiger partial charge in [-0.1, -0.05) is 0 Å². The Morgan fingerprint density at radius 3 is 1.75 bits per heavy atom. The molecule has 0 radical (unpaired) electrons. The van der Waals surface area contributed by atoms with Gasteiger partial charge in [-0.15, -0.1) is 0 Å². The Morgan fingerprint density at radius 1 is 0.844 bits per heavy atom. The molecule has 14 heteroatoms. The van der Waals surface area contributed by atoms with Gasteiger partial charge in [0.2, 0.25) is 0 Å². The summed E-state index contributed by atoms with van der Waals surface area (Å²) < 4.78 is 81.0. The molecule has 0 spiro atoms. The highest BCUT2D eigenvalue weighted by molar-refractivity contribution is 9.10. The summed E-state index contributed by atoms with van der Waals surface area (Å²) in [5.41, 5.74) is -1.46. The number of hydrogen-bond acceptors (Lipinski definition) is 8. The number of rotatable bonds is 5. The molecule has 2 aromatic heterocycles.